The van der Waals surface area contributed by atoms with E-state index in [0.717, 1.165) is 47.0 Å². The van der Waals surface area contributed by atoms with Gasteiger partial charge in [0.15, 0.2) is 0 Å². The molecule has 2 aliphatic rings. The summed E-state index contributed by atoms with van der Waals surface area (Å²) in [5, 5.41) is 1.09. The van der Waals surface area contributed by atoms with Crippen LogP contribution >= 0.6 is 0 Å². The van der Waals surface area contributed by atoms with Crippen LogP contribution in [-0.2, 0) is 15.9 Å². The molecule has 2 saturated heterocycles. The molecule has 0 spiro atoms. The van der Waals surface area contributed by atoms with Gasteiger partial charge >= 0.3 is 0 Å². The first-order valence-corrected chi connectivity index (χ1v) is 12.4. The average Bonchev–Trinajstić information content (AvgIpc) is 3.29. The van der Waals surface area contributed by atoms with Crippen LogP contribution in [0.5, 0.6) is 0 Å². The predicted molar refractivity (Wildman–Crippen MR) is 123 cm³/mol. The molecule has 2 aliphatic heterocycles. The van der Waals surface area contributed by atoms with Crippen molar-refractivity contribution in [1.29, 1.82) is 0 Å². The number of piperazine rings is 1. The molecule has 3 unspecified atom stereocenters. The zero-order valence-corrected chi connectivity index (χ0v) is 18.1. The van der Waals surface area contributed by atoms with Crippen LogP contribution in [0.25, 0.3) is 11.0 Å². The topological polar surface area (TPSA) is 65.1 Å². The van der Waals surface area contributed by atoms with Crippen molar-refractivity contribution in [3.05, 3.63) is 60.7 Å². The fourth-order valence-corrected chi connectivity index (χ4v) is 5.64. The van der Waals surface area contributed by atoms with E-state index in [1.165, 1.54) is 18.4 Å². The van der Waals surface area contributed by atoms with Crippen LogP contribution in [-0.4, -0.2) is 61.4 Å². The van der Waals surface area contributed by atoms with E-state index in [-0.39, 0.29) is 0 Å². The monoisotopic (exact) mass is 421 g/mol. The summed E-state index contributed by atoms with van der Waals surface area (Å²) < 4.78 is 12.1. The number of H-pyrrole nitrogens is 1. The standard InChI is InChI=1S/C23H27N5OS/c1-16(12-17-4-8-20(9-5-17)30(2,3)29)28-18-6-7-19(28)14-27(13-18)23-21-10-11-24-22(21)25-15-26-23/h4-5,8-11,15,18-19H,1-2,6-7,12-14H2,3H3,(H,24,25,26). The highest BCUT2D eigenvalue weighted by Crippen LogP contribution is 2.36. The highest BCUT2D eigenvalue weighted by Gasteiger charge is 2.41. The van der Waals surface area contributed by atoms with E-state index in [0.29, 0.717) is 12.1 Å². The molecule has 1 aromatic carbocycles. The third kappa shape index (κ3) is 3.37. The van der Waals surface area contributed by atoms with E-state index < -0.39 is 9.52 Å². The number of hydrogen-bond donors (Lipinski definition) is 1. The maximum atomic E-state index is 12.1. The lowest BCUT2D eigenvalue weighted by atomic mass is 10.1. The number of fused-ring (bicyclic) bond motifs is 3. The molecule has 2 fully saturated rings. The Balaban J connectivity index is 1.32. The highest BCUT2D eigenvalue weighted by molar-refractivity contribution is 7.99. The van der Waals surface area contributed by atoms with Crippen LogP contribution in [0.3, 0.4) is 0 Å². The third-order valence-corrected chi connectivity index (χ3v) is 7.58. The number of aromatic nitrogens is 3. The first kappa shape index (κ1) is 19.2. The van der Waals surface area contributed by atoms with Gasteiger partial charge in [0.2, 0.25) is 0 Å². The molecule has 3 aromatic rings. The molecular weight excluding hydrogens is 394 g/mol. The molecule has 6 nitrogen and oxygen atoms in total. The van der Waals surface area contributed by atoms with Crippen LogP contribution in [0.1, 0.15) is 18.4 Å². The molecule has 0 amide bonds. The van der Waals surface area contributed by atoms with Crippen molar-refractivity contribution in [3.8, 4) is 0 Å². The van der Waals surface area contributed by atoms with Gasteiger partial charge in [-0.05, 0) is 52.0 Å². The van der Waals surface area contributed by atoms with Crippen LogP contribution in [0.2, 0.25) is 0 Å². The number of nitrogens with one attached hydrogen (secondary N) is 1. The van der Waals surface area contributed by atoms with Crippen molar-refractivity contribution in [2.24, 2.45) is 0 Å². The lowest BCUT2D eigenvalue weighted by molar-refractivity contribution is 0.217. The SMILES string of the molecule is C=C(Cc1ccc(S(=C)(C)=O)cc1)N1C2CCC1CN(c1ncnc3[nH]ccc13)C2. The summed E-state index contributed by atoms with van der Waals surface area (Å²) in [6.45, 7) is 6.33. The Morgan fingerprint density at radius 3 is 2.53 bits per heavy atom. The van der Waals surface area contributed by atoms with Gasteiger partial charge in [-0.3, -0.25) is 4.21 Å². The number of hydrogen-bond acceptors (Lipinski definition) is 5. The molecule has 7 heteroatoms. The Labute approximate surface area is 177 Å². The van der Waals surface area contributed by atoms with E-state index in [1.54, 1.807) is 12.6 Å². The van der Waals surface area contributed by atoms with Crippen molar-refractivity contribution in [3.63, 3.8) is 0 Å². The lowest BCUT2D eigenvalue weighted by Crippen LogP contribution is -2.53. The van der Waals surface area contributed by atoms with Crippen LogP contribution in [0.4, 0.5) is 5.82 Å². The van der Waals surface area contributed by atoms with Gasteiger partial charge in [0.25, 0.3) is 0 Å². The average molecular weight is 422 g/mol. The largest absolute Gasteiger partial charge is 0.365 e. The Bertz CT molecular complexity index is 1180. The molecule has 1 N–H and O–H groups in total. The first-order valence-electron chi connectivity index (χ1n) is 10.3. The van der Waals surface area contributed by atoms with Crippen LogP contribution < -0.4 is 4.90 Å². The Hall–Kier alpha value is -2.80. The number of rotatable bonds is 5. The summed E-state index contributed by atoms with van der Waals surface area (Å²) in [4.78, 5) is 17.8. The summed E-state index contributed by atoms with van der Waals surface area (Å²) in [5.74, 6) is 4.79. The summed E-state index contributed by atoms with van der Waals surface area (Å²) in [6, 6.07) is 10.9. The summed E-state index contributed by atoms with van der Waals surface area (Å²) in [6.07, 6.45) is 8.42. The van der Waals surface area contributed by atoms with Gasteiger partial charge < -0.3 is 14.8 Å². The van der Waals surface area contributed by atoms with Gasteiger partial charge in [0.05, 0.1) is 5.39 Å². The van der Waals surface area contributed by atoms with E-state index in [9.17, 15) is 4.21 Å². The highest BCUT2D eigenvalue weighted by atomic mass is 32.2. The third-order valence-electron chi connectivity index (χ3n) is 6.31. The van der Waals surface area contributed by atoms with E-state index in [2.05, 4.69) is 55.4 Å². The molecule has 2 aromatic heterocycles. The first-order chi connectivity index (χ1) is 14.4. The number of nitrogens with zero attached hydrogens (tertiary/aromatic N) is 4. The second-order valence-corrected chi connectivity index (χ2v) is 11.0. The Morgan fingerprint density at radius 1 is 1.17 bits per heavy atom. The van der Waals surface area contributed by atoms with E-state index in [1.807, 2.05) is 18.3 Å². The number of anilines is 1. The minimum atomic E-state index is -2.17. The zero-order valence-electron chi connectivity index (χ0n) is 17.3. The second-order valence-electron chi connectivity index (χ2n) is 8.53. The fraction of sp³-hybridized carbons (Fsp3) is 0.348. The molecule has 0 aliphatic carbocycles. The molecule has 156 valence electrons. The van der Waals surface area contributed by atoms with Crippen molar-refractivity contribution in [2.45, 2.75) is 36.2 Å². The minimum Gasteiger partial charge on any atom is -0.365 e. The number of allylic oxidation sites excluding steroid dienone is 1. The van der Waals surface area contributed by atoms with Gasteiger partial charge in [0.1, 0.15) is 17.8 Å². The van der Waals surface area contributed by atoms with Crippen LogP contribution in [0, 0.1) is 0 Å². The second kappa shape index (κ2) is 7.16. The molecule has 0 radical (unpaired) electrons. The van der Waals surface area contributed by atoms with Gasteiger partial charge in [-0.15, -0.1) is 0 Å². The maximum Gasteiger partial charge on any atom is 0.142 e. The van der Waals surface area contributed by atoms with Crippen molar-refractivity contribution < 1.29 is 4.21 Å². The summed E-state index contributed by atoms with van der Waals surface area (Å²) in [7, 11) is -2.17. The lowest BCUT2D eigenvalue weighted by Gasteiger charge is -2.44. The quantitative estimate of drug-likeness (QED) is 0.642. The van der Waals surface area contributed by atoms with Gasteiger partial charge in [0, 0.05) is 54.6 Å². The number of aromatic amines is 1. The van der Waals surface area contributed by atoms with Gasteiger partial charge in [-0.1, -0.05) is 18.7 Å². The normalized spacial score (nSPS) is 23.0. The Morgan fingerprint density at radius 2 is 1.87 bits per heavy atom. The molecule has 30 heavy (non-hydrogen) atoms. The van der Waals surface area contributed by atoms with E-state index in [4.69, 9.17) is 0 Å². The molecule has 0 saturated carbocycles. The Kier molecular flexibility index (Phi) is 4.58. The summed E-state index contributed by atoms with van der Waals surface area (Å²) in [5.41, 5.74) is 3.25. The molecule has 4 heterocycles. The van der Waals surface area contributed by atoms with Gasteiger partial charge in [-0.25, -0.2) is 9.97 Å². The van der Waals surface area contributed by atoms with Crippen molar-refractivity contribution in [2.75, 3.05) is 24.2 Å². The minimum absolute atomic E-state index is 0.452. The van der Waals surface area contributed by atoms with Crippen molar-refractivity contribution in [1.82, 2.24) is 19.9 Å². The molecular formula is C23H27N5OS. The smallest absolute Gasteiger partial charge is 0.142 e. The summed E-state index contributed by atoms with van der Waals surface area (Å²) >= 11 is 0. The predicted octanol–water partition coefficient (Wildman–Crippen LogP) is 3.07. The van der Waals surface area contributed by atoms with E-state index >= 15 is 0 Å². The zero-order chi connectivity index (χ0) is 20.9. The molecule has 3 atom stereocenters. The number of benzene rings is 1. The maximum absolute atomic E-state index is 12.1. The molecule has 5 rings (SSSR count). The van der Waals surface area contributed by atoms with Crippen molar-refractivity contribution >= 4 is 32.2 Å². The molecule has 2 bridgehead atoms. The van der Waals surface area contributed by atoms with Crippen LogP contribution in [0.15, 0.2) is 60.0 Å². The van der Waals surface area contributed by atoms with Gasteiger partial charge in [-0.2, -0.15) is 0 Å². The fourth-order valence-electron chi connectivity index (χ4n) is 4.93.